The second-order valence-corrected chi connectivity index (χ2v) is 3.43. The van der Waals surface area contributed by atoms with Gasteiger partial charge < -0.3 is 20.1 Å². The number of phenolic OH excluding ortho intramolecular Hbond substituents is 1. The van der Waals surface area contributed by atoms with Gasteiger partial charge in [-0.1, -0.05) is 6.07 Å². The number of benzene rings is 1. The van der Waals surface area contributed by atoms with Crippen LogP contribution in [0.1, 0.15) is 5.56 Å². The van der Waals surface area contributed by atoms with E-state index in [4.69, 9.17) is 14.9 Å². The van der Waals surface area contributed by atoms with Crippen molar-refractivity contribution in [1.82, 2.24) is 0 Å². The van der Waals surface area contributed by atoms with Crippen LogP contribution in [0.2, 0.25) is 0 Å². The zero-order valence-electron chi connectivity index (χ0n) is 9.08. The van der Waals surface area contributed by atoms with Crippen LogP contribution in [0.3, 0.4) is 0 Å². The number of phenols is 1. The molecule has 6 nitrogen and oxygen atoms in total. The van der Waals surface area contributed by atoms with Crippen molar-refractivity contribution in [3.05, 3.63) is 23.8 Å². The third kappa shape index (κ3) is 3.10. The lowest BCUT2D eigenvalue weighted by Crippen LogP contribution is -2.25. The number of aromatic hydroxyl groups is 1. The number of hydrogen-bond acceptors (Lipinski definition) is 4. The number of ether oxygens (including phenoxy) is 1. The molecule has 0 atom stereocenters. The second-order valence-electron chi connectivity index (χ2n) is 3.43. The van der Waals surface area contributed by atoms with Crippen LogP contribution in [0.15, 0.2) is 18.2 Å². The van der Waals surface area contributed by atoms with Gasteiger partial charge in [0.15, 0.2) is 5.92 Å². The molecule has 3 N–H and O–H groups in total. The lowest BCUT2D eigenvalue weighted by molar-refractivity contribution is -0.154. The normalized spacial score (nSPS) is 10.2. The second kappa shape index (κ2) is 5.20. The first-order valence-electron chi connectivity index (χ1n) is 4.77. The molecular formula is C11H12O6. The van der Waals surface area contributed by atoms with Gasteiger partial charge in [-0.25, -0.2) is 0 Å². The molecule has 1 aromatic carbocycles. The van der Waals surface area contributed by atoms with Gasteiger partial charge in [-0.15, -0.1) is 0 Å². The van der Waals surface area contributed by atoms with Gasteiger partial charge in [0.25, 0.3) is 0 Å². The summed E-state index contributed by atoms with van der Waals surface area (Å²) >= 11 is 0. The maximum absolute atomic E-state index is 10.7. The minimum Gasteiger partial charge on any atom is -0.508 e. The van der Waals surface area contributed by atoms with Crippen LogP contribution in [0.5, 0.6) is 11.5 Å². The Bertz CT molecular complexity index is 426. The SMILES string of the molecule is COc1ccc(CC(C(=O)O)C(=O)O)c(O)c1. The first-order chi connectivity index (χ1) is 7.95. The summed E-state index contributed by atoms with van der Waals surface area (Å²) in [5, 5.41) is 27.0. The fourth-order valence-corrected chi connectivity index (χ4v) is 1.34. The topological polar surface area (TPSA) is 104 Å². The molecule has 17 heavy (non-hydrogen) atoms. The number of rotatable bonds is 5. The molecule has 0 bridgehead atoms. The molecule has 92 valence electrons. The fourth-order valence-electron chi connectivity index (χ4n) is 1.34. The highest BCUT2D eigenvalue weighted by Gasteiger charge is 2.27. The molecule has 0 radical (unpaired) electrons. The average Bonchev–Trinajstić information content (AvgIpc) is 2.26. The van der Waals surface area contributed by atoms with E-state index in [0.717, 1.165) is 0 Å². The Morgan fingerprint density at radius 1 is 1.29 bits per heavy atom. The van der Waals surface area contributed by atoms with Crippen LogP contribution in [0, 0.1) is 5.92 Å². The Labute approximate surface area is 97.1 Å². The van der Waals surface area contributed by atoms with E-state index in [1.54, 1.807) is 0 Å². The molecular weight excluding hydrogens is 228 g/mol. The van der Waals surface area contributed by atoms with Crippen molar-refractivity contribution >= 4 is 11.9 Å². The summed E-state index contributed by atoms with van der Waals surface area (Å²) in [5.74, 6) is -4.22. The molecule has 0 heterocycles. The maximum Gasteiger partial charge on any atom is 0.318 e. The molecule has 0 saturated heterocycles. The molecule has 0 saturated carbocycles. The predicted octanol–water partition coefficient (Wildman–Crippen LogP) is 0.729. The number of aliphatic carboxylic acids is 2. The summed E-state index contributed by atoms with van der Waals surface area (Å²) in [5.41, 5.74) is 0.251. The number of carbonyl (C=O) groups is 2. The molecule has 6 heteroatoms. The molecule has 0 aliphatic carbocycles. The molecule has 0 aliphatic heterocycles. The Morgan fingerprint density at radius 3 is 2.29 bits per heavy atom. The molecule has 0 spiro atoms. The third-order valence-corrected chi connectivity index (χ3v) is 2.31. The van der Waals surface area contributed by atoms with Crippen LogP contribution < -0.4 is 4.74 Å². The van der Waals surface area contributed by atoms with E-state index in [2.05, 4.69) is 0 Å². The highest BCUT2D eigenvalue weighted by Crippen LogP contribution is 2.25. The molecule has 1 aromatic rings. The van der Waals surface area contributed by atoms with E-state index < -0.39 is 17.9 Å². The zero-order valence-corrected chi connectivity index (χ0v) is 9.08. The van der Waals surface area contributed by atoms with E-state index >= 15 is 0 Å². The minimum absolute atomic E-state index is 0.183. The summed E-state index contributed by atoms with van der Waals surface area (Å²) in [6.07, 6.45) is -0.277. The molecule has 0 unspecified atom stereocenters. The third-order valence-electron chi connectivity index (χ3n) is 2.31. The number of carboxylic acid groups (broad SMARTS) is 2. The van der Waals surface area contributed by atoms with Crippen LogP contribution in [-0.4, -0.2) is 34.4 Å². The smallest absolute Gasteiger partial charge is 0.318 e. The number of methoxy groups -OCH3 is 1. The van der Waals surface area contributed by atoms with Crippen molar-refractivity contribution in [3.8, 4) is 11.5 Å². The Morgan fingerprint density at radius 2 is 1.88 bits per heavy atom. The average molecular weight is 240 g/mol. The number of hydrogen-bond donors (Lipinski definition) is 3. The highest BCUT2D eigenvalue weighted by atomic mass is 16.5. The van der Waals surface area contributed by atoms with Gasteiger partial charge in [0.2, 0.25) is 0 Å². The lowest BCUT2D eigenvalue weighted by Gasteiger charge is -2.10. The Hall–Kier alpha value is -2.24. The van der Waals surface area contributed by atoms with Crippen LogP contribution in [0.4, 0.5) is 0 Å². The Balaban J connectivity index is 2.94. The predicted molar refractivity (Wildman–Crippen MR) is 57.1 cm³/mol. The summed E-state index contributed by atoms with van der Waals surface area (Å²) in [6, 6.07) is 4.26. The molecule has 1 rings (SSSR count). The fraction of sp³-hybridized carbons (Fsp3) is 0.273. The van der Waals surface area contributed by atoms with Gasteiger partial charge in [0.1, 0.15) is 11.5 Å². The Kier molecular flexibility index (Phi) is 3.92. The first kappa shape index (κ1) is 12.8. The van der Waals surface area contributed by atoms with Crippen molar-refractivity contribution in [2.75, 3.05) is 7.11 Å². The van der Waals surface area contributed by atoms with E-state index in [1.807, 2.05) is 0 Å². The van der Waals surface area contributed by atoms with E-state index in [-0.39, 0.29) is 17.7 Å². The lowest BCUT2D eigenvalue weighted by atomic mass is 9.99. The largest absolute Gasteiger partial charge is 0.508 e. The van der Waals surface area contributed by atoms with Crippen molar-refractivity contribution in [3.63, 3.8) is 0 Å². The first-order valence-corrected chi connectivity index (χ1v) is 4.77. The molecule has 0 amide bonds. The summed E-state index contributed by atoms with van der Waals surface area (Å²) < 4.78 is 4.86. The summed E-state index contributed by atoms with van der Waals surface area (Å²) in [4.78, 5) is 21.4. The van der Waals surface area contributed by atoms with E-state index in [0.29, 0.717) is 5.75 Å². The van der Waals surface area contributed by atoms with Gasteiger partial charge in [-0.2, -0.15) is 0 Å². The monoisotopic (exact) mass is 240 g/mol. The number of carboxylic acids is 2. The van der Waals surface area contributed by atoms with Crippen LogP contribution in [0.25, 0.3) is 0 Å². The van der Waals surface area contributed by atoms with Gasteiger partial charge in [0.05, 0.1) is 7.11 Å². The van der Waals surface area contributed by atoms with Gasteiger partial charge in [-0.05, 0) is 18.1 Å². The van der Waals surface area contributed by atoms with Gasteiger partial charge in [0, 0.05) is 6.07 Å². The highest BCUT2D eigenvalue weighted by molar-refractivity contribution is 5.93. The maximum atomic E-state index is 10.7. The zero-order chi connectivity index (χ0) is 13.0. The molecule has 0 aromatic heterocycles. The van der Waals surface area contributed by atoms with Gasteiger partial charge in [-0.3, -0.25) is 9.59 Å². The standard InChI is InChI=1S/C11H12O6/c1-17-7-3-2-6(9(12)5-7)4-8(10(13)14)11(15)16/h2-3,5,8,12H,4H2,1H3,(H,13,14)(H,15,16). The van der Waals surface area contributed by atoms with Crippen molar-refractivity contribution in [2.45, 2.75) is 6.42 Å². The van der Waals surface area contributed by atoms with Crippen molar-refractivity contribution in [1.29, 1.82) is 0 Å². The van der Waals surface area contributed by atoms with Crippen LogP contribution in [-0.2, 0) is 16.0 Å². The van der Waals surface area contributed by atoms with Crippen molar-refractivity contribution in [2.24, 2.45) is 5.92 Å². The van der Waals surface area contributed by atoms with E-state index in [9.17, 15) is 14.7 Å². The summed E-state index contributed by atoms with van der Waals surface area (Å²) in [6.45, 7) is 0. The minimum atomic E-state index is -1.57. The van der Waals surface area contributed by atoms with Crippen molar-refractivity contribution < 1.29 is 29.6 Å². The molecule has 0 fully saturated rings. The van der Waals surface area contributed by atoms with Crippen LogP contribution >= 0.6 is 0 Å². The summed E-state index contributed by atoms with van der Waals surface area (Å²) in [7, 11) is 1.42. The molecule has 0 aliphatic rings. The van der Waals surface area contributed by atoms with E-state index in [1.165, 1.54) is 25.3 Å². The van der Waals surface area contributed by atoms with Gasteiger partial charge >= 0.3 is 11.9 Å². The quantitative estimate of drug-likeness (QED) is 0.655.